The van der Waals surface area contributed by atoms with Gasteiger partial charge in [-0.2, -0.15) is 10.2 Å². The molecule has 3 heterocycles. The van der Waals surface area contributed by atoms with Crippen LogP contribution in [0.4, 0.5) is 14.5 Å². The van der Waals surface area contributed by atoms with E-state index >= 15 is 0 Å². The number of hydrogen-bond donors (Lipinski definition) is 2. The smallest absolute Gasteiger partial charge is 0.137 e. The van der Waals surface area contributed by atoms with Gasteiger partial charge >= 0.3 is 0 Å². The molecule has 0 spiro atoms. The second kappa shape index (κ2) is 9.11. The minimum absolute atomic E-state index is 0.0432. The van der Waals surface area contributed by atoms with Gasteiger partial charge < -0.3 is 15.2 Å². The Morgan fingerprint density at radius 3 is 2.74 bits per heavy atom. The molecule has 0 aliphatic carbocycles. The Bertz CT molecular complexity index is 1270. The fraction of sp³-hybridized carbons (Fsp3) is 0.375. The summed E-state index contributed by atoms with van der Waals surface area (Å²) in [4.78, 5) is 3.92. The molecule has 0 saturated carbocycles. The van der Waals surface area contributed by atoms with Crippen LogP contribution in [0.2, 0.25) is 0 Å². The number of aliphatic hydroxyl groups is 1. The number of aromatic nitrogens is 5. The molecule has 10 heteroatoms. The van der Waals surface area contributed by atoms with Crippen LogP contribution in [0.3, 0.4) is 0 Å². The third-order valence-electron chi connectivity index (χ3n) is 6.51. The number of nitrogens with one attached hydrogen (secondary N) is 1. The lowest BCUT2D eigenvalue weighted by Crippen LogP contribution is -2.41. The van der Waals surface area contributed by atoms with E-state index in [1.165, 1.54) is 23.4 Å². The zero-order valence-corrected chi connectivity index (χ0v) is 18.7. The standard InChI is InChI=1S/C24H26F2N6O2/c1-16(24(33,13-31-15-27-14-29-31)21-4-2-18(25)11-22(21)26)32-23-5-3-20(10-17(23)12-28-32)30-19-6-8-34-9-7-19/h2-5,10-12,14-16,19,30,33H,6-9,13H2,1H3/t16-,24-/m1/s1. The minimum Gasteiger partial charge on any atom is -0.382 e. The average Bonchev–Trinajstić information content (AvgIpc) is 3.48. The van der Waals surface area contributed by atoms with Gasteiger partial charge in [0.1, 0.15) is 29.9 Å². The SMILES string of the molecule is C[C@@H](n1ncc2cc(NC3CCOCC3)ccc21)[C@](O)(Cn1cncn1)c1ccc(F)cc1F. The van der Waals surface area contributed by atoms with E-state index in [-0.39, 0.29) is 12.1 Å². The van der Waals surface area contributed by atoms with Crippen molar-refractivity contribution < 1.29 is 18.6 Å². The van der Waals surface area contributed by atoms with Crippen molar-refractivity contribution in [1.29, 1.82) is 0 Å². The van der Waals surface area contributed by atoms with E-state index in [4.69, 9.17) is 4.74 Å². The zero-order valence-electron chi connectivity index (χ0n) is 18.7. The summed E-state index contributed by atoms with van der Waals surface area (Å²) in [5.41, 5.74) is -0.0688. The number of hydrogen-bond acceptors (Lipinski definition) is 6. The summed E-state index contributed by atoms with van der Waals surface area (Å²) >= 11 is 0. The molecule has 0 amide bonds. The topological polar surface area (TPSA) is 90.0 Å². The maximum absolute atomic E-state index is 14.9. The van der Waals surface area contributed by atoms with E-state index in [2.05, 4.69) is 20.5 Å². The molecular formula is C24H26F2N6O2. The fourth-order valence-electron chi connectivity index (χ4n) is 4.58. The second-order valence-corrected chi connectivity index (χ2v) is 8.71. The number of nitrogens with zero attached hydrogens (tertiary/aromatic N) is 5. The summed E-state index contributed by atoms with van der Waals surface area (Å²) in [6, 6.07) is 8.71. The highest BCUT2D eigenvalue weighted by Crippen LogP contribution is 2.38. The van der Waals surface area contributed by atoms with Crippen molar-refractivity contribution in [1.82, 2.24) is 24.5 Å². The van der Waals surface area contributed by atoms with Crippen molar-refractivity contribution in [3.8, 4) is 0 Å². The lowest BCUT2D eigenvalue weighted by molar-refractivity contribution is -0.0354. The summed E-state index contributed by atoms with van der Waals surface area (Å²) in [7, 11) is 0. The molecule has 34 heavy (non-hydrogen) atoms. The van der Waals surface area contributed by atoms with Crippen molar-refractivity contribution in [2.45, 2.75) is 44.0 Å². The zero-order chi connectivity index (χ0) is 23.7. The maximum Gasteiger partial charge on any atom is 0.137 e. The Kier molecular flexibility index (Phi) is 6.01. The van der Waals surface area contributed by atoms with Crippen molar-refractivity contribution in [3.05, 3.63) is 72.4 Å². The van der Waals surface area contributed by atoms with Crippen molar-refractivity contribution in [3.63, 3.8) is 0 Å². The van der Waals surface area contributed by atoms with Crippen LogP contribution in [0, 0.1) is 11.6 Å². The first-order valence-electron chi connectivity index (χ1n) is 11.3. The van der Waals surface area contributed by atoms with E-state index in [9.17, 15) is 13.9 Å². The van der Waals surface area contributed by atoms with E-state index in [1.54, 1.807) is 17.8 Å². The molecule has 1 fully saturated rings. The molecule has 1 aliphatic heterocycles. The third-order valence-corrected chi connectivity index (χ3v) is 6.51. The van der Waals surface area contributed by atoms with Gasteiger partial charge in [-0.3, -0.25) is 4.68 Å². The van der Waals surface area contributed by atoms with Gasteiger partial charge in [-0.15, -0.1) is 0 Å². The number of fused-ring (bicyclic) bond motifs is 1. The highest BCUT2D eigenvalue weighted by molar-refractivity contribution is 5.82. The molecule has 178 valence electrons. The molecule has 2 aromatic carbocycles. The first-order chi connectivity index (χ1) is 16.4. The molecule has 0 unspecified atom stereocenters. The molecule has 1 aliphatic rings. The van der Waals surface area contributed by atoms with Crippen molar-refractivity contribution >= 4 is 16.6 Å². The molecule has 0 bridgehead atoms. The van der Waals surface area contributed by atoms with Crippen molar-refractivity contribution in [2.24, 2.45) is 0 Å². The summed E-state index contributed by atoms with van der Waals surface area (Å²) in [6.07, 6.45) is 6.40. The van der Waals surface area contributed by atoms with Gasteiger partial charge in [0.2, 0.25) is 0 Å². The van der Waals surface area contributed by atoms with Crippen LogP contribution in [0.5, 0.6) is 0 Å². The lowest BCUT2D eigenvalue weighted by Gasteiger charge is -2.35. The quantitative estimate of drug-likeness (QED) is 0.430. The van der Waals surface area contributed by atoms with Crippen LogP contribution >= 0.6 is 0 Å². The van der Waals surface area contributed by atoms with Crippen LogP contribution < -0.4 is 5.32 Å². The van der Waals surface area contributed by atoms with Gasteiger partial charge in [-0.25, -0.2) is 18.4 Å². The summed E-state index contributed by atoms with van der Waals surface area (Å²) in [5.74, 6) is -1.56. The number of halogens is 2. The highest BCUT2D eigenvalue weighted by Gasteiger charge is 2.41. The predicted octanol–water partition coefficient (Wildman–Crippen LogP) is 3.65. The molecule has 5 rings (SSSR count). The number of rotatable bonds is 7. The Labute approximate surface area is 195 Å². The first kappa shape index (κ1) is 22.4. The first-order valence-corrected chi connectivity index (χ1v) is 11.3. The summed E-state index contributed by atoms with van der Waals surface area (Å²) < 4.78 is 37.0. The molecule has 2 N–H and O–H groups in total. The van der Waals surface area contributed by atoms with Gasteiger partial charge in [-0.1, -0.05) is 6.07 Å². The highest BCUT2D eigenvalue weighted by atomic mass is 19.1. The van der Waals surface area contributed by atoms with E-state index in [0.29, 0.717) is 6.04 Å². The van der Waals surface area contributed by atoms with Gasteiger partial charge in [0, 0.05) is 42.0 Å². The third kappa shape index (κ3) is 4.26. The lowest BCUT2D eigenvalue weighted by atomic mass is 9.86. The number of anilines is 1. The Balaban J connectivity index is 1.50. The number of ether oxygens (including phenoxy) is 1. The van der Waals surface area contributed by atoms with Crippen molar-refractivity contribution in [2.75, 3.05) is 18.5 Å². The normalized spacial score (nSPS) is 17.5. The number of benzene rings is 2. The molecule has 8 nitrogen and oxygen atoms in total. The van der Waals surface area contributed by atoms with E-state index in [1.807, 2.05) is 18.2 Å². The maximum atomic E-state index is 14.9. The van der Waals surface area contributed by atoms with E-state index in [0.717, 1.165) is 54.8 Å². The molecule has 1 saturated heterocycles. The largest absolute Gasteiger partial charge is 0.382 e. The van der Waals surface area contributed by atoms with Gasteiger partial charge in [-0.05, 0) is 44.0 Å². The summed E-state index contributed by atoms with van der Waals surface area (Å²) in [5, 5.41) is 24.9. The fourth-order valence-corrected chi connectivity index (χ4v) is 4.58. The van der Waals surface area contributed by atoms with Crippen LogP contribution in [0.15, 0.2) is 55.2 Å². The Morgan fingerprint density at radius 2 is 2.00 bits per heavy atom. The minimum atomic E-state index is -1.79. The molecule has 0 radical (unpaired) electrons. The van der Waals surface area contributed by atoms with Gasteiger partial charge in [0.25, 0.3) is 0 Å². The Morgan fingerprint density at radius 1 is 1.18 bits per heavy atom. The molecule has 4 aromatic rings. The molecular weight excluding hydrogens is 442 g/mol. The predicted molar refractivity (Wildman–Crippen MR) is 122 cm³/mol. The van der Waals surface area contributed by atoms with Crippen LogP contribution in [-0.2, 0) is 16.9 Å². The van der Waals surface area contributed by atoms with Crippen LogP contribution in [-0.4, -0.2) is 48.9 Å². The van der Waals surface area contributed by atoms with Gasteiger partial charge in [0.05, 0.1) is 24.3 Å². The van der Waals surface area contributed by atoms with E-state index < -0.39 is 23.3 Å². The monoisotopic (exact) mass is 468 g/mol. The van der Waals surface area contributed by atoms with Crippen LogP contribution in [0.25, 0.3) is 10.9 Å². The molecule has 2 atom stereocenters. The summed E-state index contributed by atoms with van der Waals surface area (Å²) in [6.45, 7) is 3.15. The average molecular weight is 469 g/mol. The van der Waals surface area contributed by atoms with Gasteiger partial charge in [0.15, 0.2) is 0 Å². The Hall–Kier alpha value is -3.37. The van der Waals surface area contributed by atoms with Crippen LogP contribution in [0.1, 0.15) is 31.4 Å². The molecule has 2 aromatic heterocycles. The second-order valence-electron chi connectivity index (χ2n) is 8.71.